The molecular weight excluding hydrogens is 380 g/mol. The first kappa shape index (κ1) is 19.3. The molecular formula is C20H20N2O3S2. The summed E-state index contributed by atoms with van der Waals surface area (Å²) in [6.07, 6.45) is 0.901. The van der Waals surface area contributed by atoms with Gasteiger partial charge in [0.15, 0.2) is 0 Å². The number of aryl methyl sites for hydroxylation is 1. The molecule has 1 atom stereocenters. The summed E-state index contributed by atoms with van der Waals surface area (Å²) in [5.41, 5.74) is 1.02. The molecule has 140 valence electrons. The van der Waals surface area contributed by atoms with Crippen molar-refractivity contribution >= 4 is 40.2 Å². The number of carbonyl (C=O) groups excluding carboxylic acids is 2. The number of anilines is 1. The highest BCUT2D eigenvalue weighted by Crippen LogP contribution is 2.33. The van der Waals surface area contributed by atoms with E-state index in [1.54, 1.807) is 12.1 Å². The zero-order chi connectivity index (χ0) is 19.3. The van der Waals surface area contributed by atoms with Gasteiger partial charge in [-0.25, -0.2) is 0 Å². The first-order valence-electron chi connectivity index (χ1n) is 8.50. The van der Waals surface area contributed by atoms with E-state index >= 15 is 0 Å². The van der Waals surface area contributed by atoms with Gasteiger partial charge in [-0.15, -0.1) is 11.3 Å². The van der Waals surface area contributed by atoms with Crippen LogP contribution in [0, 0.1) is 0 Å². The number of hydrogen-bond donors (Lipinski definition) is 3. The van der Waals surface area contributed by atoms with E-state index in [1.807, 2.05) is 53.4 Å². The van der Waals surface area contributed by atoms with E-state index in [-0.39, 0.29) is 6.54 Å². The van der Waals surface area contributed by atoms with Crippen molar-refractivity contribution in [1.29, 1.82) is 0 Å². The number of thiophene rings is 2. The normalized spacial score (nSPS) is 13.0. The van der Waals surface area contributed by atoms with Crippen LogP contribution in [0.15, 0.2) is 58.6 Å². The molecule has 27 heavy (non-hydrogen) atoms. The van der Waals surface area contributed by atoms with E-state index < -0.39 is 17.4 Å². The molecule has 2 aromatic heterocycles. The molecule has 0 fully saturated rings. The fraction of sp³-hybridized carbons (Fsp3) is 0.200. The van der Waals surface area contributed by atoms with Gasteiger partial charge in [0.2, 0.25) is 0 Å². The lowest BCUT2D eigenvalue weighted by molar-refractivity contribution is -0.136. The SMILES string of the molecule is CCc1ccc(NC(=O)C(=O)NCC(O)(c2ccsc2)c2cccs2)cc1. The summed E-state index contributed by atoms with van der Waals surface area (Å²) in [6, 6.07) is 12.8. The summed E-state index contributed by atoms with van der Waals surface area (Å²) >= 11 is 2.86. The number of nitrogens with one attached hydrogen (secondary N) is 2. The van der Waals surface area contributed by atoms with Crippen molar-refractivity contribution in [1.82, 2.24) is 5.32 Å². The Kier molecular flexibility index (Phi) is 6.05. The molecule has 3 N–H and O–H groups in total. The van der Waals surface area contributed by atoms with Crippen LogP contribution in [0.1, 0.15) is 22.9 Å². The maximum absolute atomic E-state index is 12.2. The third-order valence-corrected chi connectivity index (χ3v) is 5.96. The molecule has 0 spiro atoms. The molecule has 0 bridgehead atoms. The lowest BCUT2D eigenvalue weighted by Crippen LogP contribution is -2.44. The Morgan fingerprint density at radius 3 is 2.44 bits per heavy atom. The van der Waals surface area contributed by atoms with Crippen LogP contribution in [0.4, 0.5) is 5.69 Å². The summed E-state index contributed by atoms with van der Waals surface area (Å²) in [4.78, 5) is 25.1. The Morgan fingerprint density at radius 2 is 1.85 bits per heavy atom. The number of benzene rings is 1. The first-order chi connectivity index (χ1) is 13.0. The van der Waals surface area contributed by atoms with Crippen LogP contribution in [0.3, 0.4) is 0 Å². The Bertz CT molecular complexity index is 854. The molecule has 1 aromatic carbocycles. The second kappa shape index (κ2) is 8.47. The second-order valence-corrected chi connectivity index (χ2v) is 7.76. The Labute approximate surface area is 165 Å². The maximum atomic E-state index is 12.2. The quantitative estimate of drug-likeness (QED) is 0.555. The molecule has 0 aliphatic carbocycles. The van der Waals surface area contributed by atoms with Crippen molar-refractivity contribution in [2.75, 3.05) is 11.9 Å². The van der Waals surface area contributed by atoms with Crippen LogP contribution in [0.25, 0.3) is 0 Å². The third-order valence-electron chi connectivity index (χ3n) is 4.26. The molecule has 2 amide bonds. The van der Waals surface area contributed by atoms with Gasteiger partial charge in [0, 0.05) is 16.1 Å². The highest BCUT2D eigenvalue weighted by atomic mass is 32.1. The van der Waals surface area contributed by atoms with E-state index in [0.717, 1.165) is 12.0 Å². The summed E-state index contributed by atoms with van der Waals surface area (Å²) in [5.74, 6) is -1.56. The van der Waals surface area contributed by atoms with Crippen LogP contribution in [-0.2, 0) is 21.6 Å². The molecule has 2 heterocycles. The number of aliphatic hydroxyl groups is 1. The molecule has 3 rings (SSSR count). The second-order valence-electron chi connectivity index (χ2n) is 6.04. The highest BCUT2D eigenvalue weighted by molar-refractivity contribution is 7.10. The lowest BCUT2D eigenvalue weighted by Gasteiger charge is -2.26. The molecule has 0 saturated heterocycles. The van der Waals surface area contributed by atoms with Gasteiger partial charge >= 0.3 is 11.8 Å². The van der Waals surface area contributed by atoms with Crippen LogP contribution in [0.5, 0.6) is 0 Å². The molecule has 0 aliphatic heterocycles. The highest BCUT2D eigenvalue weighted by Gasteiger charge is 2.34. The molecule has 0 radical (unpaired) electrons. The van der Waals surface area contributed by atoms with Crippen molar-refractivity contribution in [2.45, 2.75) is 18.9 Å². The minimum absolute atomic E-state index is 0.0920. The van der Waals surface area contributed by atoms with E-state index in [2.05, 4.69) is 10.6 Å². The minimum atomic E-state index is -1.37. The topological polar surface area (TPSA) is 78.4 Å². The van der Waals surface area contributed by atoms with Crippen LogP contribution in [-0.4, -0.2) is 23.5 Å². The fourth-order valence-electron chi connectivity index (χ4n) is 2.65. The third kappa shape index (κ3) is 4.44. The largest absolute Gasteiger partial charge is 0.378 e. The predicted octanol–water partition coefficient (Wildman–Crippen LogP) is 3.36. The van der Waals surface area contributed by atoms with E-state index in [9.17, 15) is 14.7 Å². The molecule has 0 saturated carbocycles. The average molecular weight is 401 g/mol. The van der Waals surface area contributed by atoms with Gasteiger partial charge in [0.25, 0.3) is 0 Å². The van der Waals surface area contributed by atoms with Gasteiger partial charge < -0.3 is 15.7 Å². The van der Waals surface area contributed by atoms with Crippen LogP contribution in [0.2, 0.25) is 0 Å². The van der Waals surface area contributed by atoms with Crippen molar-refractivity contribution in [3.8, 4) is 0 Å². The molecule has 3 aromatic rings. The minimum Gasteiger partial charge on any atom is -0.378 e. The summed E-state index contributed by atoms with van der Waals surface area (Å²) in [5, 5.41) is 21.9. The average Bonchev–Trinajstić information content (AvgIpc) is 3.40. The molecule has 5 nitrogen and oxygen atoms in total. The van der Waals surface area contributed by atoms with Gasteiger partial charge in [-0.05, 0) is 52.4 Å². The molecule has 0 aliphatic rings. The standard InChI is InChI=1S/C20H20N2O3S2/c1-2-14-5-7-16(8-6-14)22-19(24)18(23)21-13-20(25,15-9-11-26-12-15)17-4-3-10-27-17/h3-12,25H,2,13H2,1H3,(H,21,23)(H,22,24). The first-order valence-corrected chi connectivity index (χ1v) is 10.3. The summed E-state index contributed by atoms with van der Waals surface area (Å²) < 4.78 is 0. The monoisotopic (exact) mass is 400 g/mol. The van der Waals surface area contributed by atoms with Gasteiger partial charge in [0.05, 0.1) is 6.54 Å². The number of amides is 2. The number of carbonyl (C=O) groups is 2. The number of hydrogen-bond acceptors (Lipinski definition) is 5. The summed E-state index contributed by atoms with van der Waals surface area (Å²) in [6.45, 7) is 1.95. The maximum Gasteiger partial charge on any atom is 0.313 e. The Morgan fingerprint density at radius 1 is 1.07 bits per heavy atom. The van der Waals surface area contributed by atoms with Crippen LogP contribution < -0.4 is 10.6 Å². The van der Waals surface area contributed by atoms with Gasteiger partial charge in [-0.2, -0.15) is 11.3 Å². The lowest BCUT2D eigenvalue weighted by atomic mass is 9.94. The van der Waals surface area contributed by atoms with Gasteiger partial charge in [-0.1, -0.05) is 25.1 Å². The van der Waals surface area contributed by atoms with Gasteiger partial charge in [0.1, 0.15) is 5.60 Å². The molecule has 7 heteroatoms. The van der Waals surface area contributed by atoms with Crippen molar-refractivity contribution in [2.24, 2.45) is 0 Å². The number of rotatable bonds is 6. The van der Waals surface area contributed by atoms with Crippen LogP contribution >= 0.6 is 22.7 Å². The van der Waals surface area contributed by atoms with E-state index in [4.69, 9.17) is 0 Å². The predicted molar refractivity (Wildman–Crippen MR) is 109 cm³/mol. The fourth-order valence-corrected chi connectivity index (χ4v) is 4.21. The summed E-state index contributed by atoms with van der Waals surface area (Å²) in [7, 11) is 0. The molecule has 1 unspecified atom stereocenters. The van der Waals surface area contributed by atoms with Gasteiger partial charge in [-0.3, -0.25) is 9.59 Å². The van der Waals surface area contributed by atoms with Crippen molar-refractivity contribution in [3.05, 3.63) is 74.6 Å². The van der Waals surface area contributed by atoms with E-state index in [1.165, 1.54) is 22.7 Å². The zero-order valence-electron chi connectivity index (χ0n) is 14.8. The zero-order valence-corrected chi connectivity index (χ0v) is 16.4. The Hall–Kier alpha value is -2.48. The van der Waals surface area contributed by atoms with E-state index in [0.29, 0.717) is 16.1 Å². The van der Waals surface area contributed by atoms with Crippen molar-refractivity contribution < 1.29 is 14.7 Å². The Balaban J connectivity index is 1.66. The van der Waals surface area contributed by atoms with Crippen molar-refractivity contribution in [3.63, 3.8) is 0 Å². The smallest absolute Gasteiger partial charge is 0.313 e.